The van der Waals surface area contributed by atoms with Crippen molar-refractivity contribution in [1.29, 1.82) is 0 Å². The van der Waals surface area contributed by atoms with E-state index in [2.05, 4.69) is 4.74 Å². The molecule has 1 heterocycles. The number of hydrogen-bond acceptors (Lipinski definition) is 5. The highest BCUT2D eigenvalue weighted by Crippen LogP contribution is 2.00. The molecule has 0 amide bonds. The molecule has 1 aliphatic heterocycles. The maximum atomic E-state index is 10.6. The molecule has 1 N–H and O–H groups in total. The molecule has 6 heteroatoms. The van der Waals surface area contributed by atoms with Gasteiger partial charge in [0.2, 0.25) is 0 Å². The minimum absolute atomic E-state index is 0.0244. The Morgan fingerprint density at radius 3 is 2.27 bits per heavy atom. The van der Waals surface area contributed by atoms with Crippen LogP contribution in [-0.2, 0) is 14.3 Å². The molecule has 1 fully saturated rings. The average molecular weight is 157 g/mol. The zero-order valence-corrected chi connectivity index (χ0v) is 6.11. The Labute approximate surface area is 64.1 Å². The lowest BCUT2D eigenvalue weighted by Crippen LogP contribution is -2.49. The third-order valence-electron chi connectivity index (χ3n) is 1.42. The lowest BCUT2D eigenvalue weighted by molar-refractivity contribution is -0.164. The van der Waals surface area contributed by atoms with Crippen molar-refractivity contribution in [1.82, 2.24) is 4.81 Å². The summed E-state index contributed by atoms with van der Waals surface area (Å²) in [4.78, 5) is 22.5. The van der Waals surface area contributed by atoms with Crippen molar-refractivity contribution in [2.75, 3.05) is 13.1 Å². The molecule has 0 spiro atoms. The summed E-state index contributed by atoms with van der Waals surface area (Å²) in [5.74, 6) is -1.22. The van der Waals surface area contributed by atoms with Gasteiger partial charge in [-0.1, -0.05) is 0 Å². The van der Waals surface area contributed by atoms with Crippen LogP contribution in [-0.4, -0.2) is 41.9 Å². The zero-order valence-electron chi connectivity index (χ0n) is 6.11. The van der Waals surface area contributed by atoms with Gasteiger partial charge in [-0.25, -0.2) is 0 Å². The normalized spacial score (nSPS) is 19.8. The van der Waals surface area contributed by atoms with Crippen LogP contribution in [0.15, 0.2) is 0 Å². The van der Waals surface area contributed by atoms with Crippen LogP contribution in [0.5, 0.6) is 0 Å². The number of ether oxygens (including phenoxy) is 1. The second-order valence-corrected chi connectivity index (χ2v) is 2.38. The van der Waals surface area contributed by atoms with Crippen molar-refractivity contribution in [3.05, 3.63) is 0 Å². The predicted octanol–water partition coefficient (Wildman–Crippen LogP) is -1.52. The molecule has 0 saturated carbocycles. The quantitative estimate of drug-likeness (QED) is 0.284. The van der Waals surface area contributed by atoms with Gasteiger partial charge in [0.1, 0.15) is 0 Å². The monoisotopic (exact) mass is 157 g/mol. The van der Waals surface area contributed by atoms with E-state index in [4.69, 9.17) is 5.02 Å². The van der Waals surface area contributed by atoms with Crippen LogP contribution in [0.2, 0.25) is 6.82 Å². The number of nitrogens with zero attached hydrogens (tertiary/aromatic N) is 1. The number of esters is 2. The van der Waals surface area contributed by atoms with Crippen molar-refractivity contribution in [2.24, 2.45) is 0 Å². The number of carbonyl (C=O) groups is 2. The third-order valence-corrected chi connectivity index (χ3v) is 1.42. The van der Waals surface area contributed by atoms with Crippen LogP contribution in [0.1, 0.15) is 0 Å². The third kappa shape index (κ3) is 2.02. The molecular weight excluding hydrogens is 149 g/mol. The second-order valence-electron chi connectivity index (χ2n) is 2.38. The number of rotatable bonds is 1. The van der Waals surface area contributed by atoms with Gasteiger partial charge in [0.15, 0.2) is 0 Å². The van der Waals surface area contributed by atoms with E-state index in [1.807, 2.05) is 0 Å². The Kier molecular flexibility index (Phi) is 2.26. The van der Waals surface area contributed by atoms with Gasteiger partial charge in [0.05, 0.1) is 13.1 Å². The van der Waals surface area contributed by atoms with Gasteiger partial charge in [-0.2, -0.15) is 0 Å². The molecule has 5 nitrogen and oxygen atoms in total. The fourth-order valence-corrected chi connectivity index (χ4v) is 0.843. The fraction of sp³-hybridized carbons (Fsp3) is 0.600. The first kappa shape index (κ1) is 8.22. The summed E-state index contributed by atoms with van der Waals surface area (Å²) >= 11 is 0. The smallest absolute Gasteiger partial charge is 0.377 e. The number of morpholine rings is 1. The lowest BCUT2D eigenvalue weighted by atomic mass is 9.85. The van der Waals surface area contributed by atoms with Crippen LogP contribution in [0.4, 0.5) is 0 Å². The molecule has 0 aliphatic carbocycles. The van der Waals surface area contributed by atoms with Crippen LogP contribution >= 0.6 is 0 Å². The van der Waals surface area contributed by atoms with Crippen LogP contribution in [0.3, 0.4) is 0 Å². The van der Waals surface area contributed by atoms with Crippen molar-refractivity contribution in [3.8, 4) is 0 Å². The van der Waals surface area contributed by atoms with Gasteiger partial charge in [0, 0.05) is 0 Å². The highest BCUT2D eigenvalue weighted by molar-refractivity contribution is 6.46. The summed E-state index contributed by atoms with van der Waals surface area (Å²) in [6, 6.07) is 0. The Balaban J connectivity index is 2.56. The molecular formula is C5H8BNO4. The Bertz CT molecular complexity index is 177. The highest BCUT2D eigenvalue weighted by Gasteiger charge is 2.29. The molecule has 1 saturated heterocycles. The molecule has 0 unspecified atom stereocenters. The summed E-state index contributed by atoms with van der Waals surface area (Å²) in [5.41, 5.74) is 0. The number of carbonyl (C=O) groups excluding carboxylic acids is 2. The molecule has 0 aromatic rings. The van der Waals surface area contributed by atoms with E-state index in [0.717, 1.165) is 0 Å². The molecule has 11 heavy (non-hydrogen) atoms. The molecule has 0 aromatic carbocycles. The first-order valence-corrected chi connectivity index (χ1v) is 3.25. The van der Waals surface area contributed by atoms with Crippen molar-refractivity contribution in [2.45, 2.75) is 6.82 Å². The maximum Gasteiger partial charge on any atom is 0.377 e. The molecule has 0 bridgehead atoms. The zero-order chi connectivity index (χ0) is 8.43. The van der Waals surface area contributed by atoms with Crippen molar-refractivity contribution in [3.63, 3.8) is 0 Å². The maximum absolute atomic E-state index is 10.6. The van der Waals surface area contributed by atoms with Gasteiger partial charge in [-0.05, 0) is 6.82 Å². The average Bonchev–Trinajstić information content (AvgIpc) is 1.85. The summed E-state index contributed by atoms with van der Waals surface area (Å²) in [7, 11) is -0.785. The molecule has 60 valence electrons. The van der Waals surface area contributed by atoms with Gasteiger partial charge in [0.25, 0.3) is 0 Å². The van der Waals surface area contributed by atoms with Gasteiger partial charge in [-0.3, -0.25) is 14.4 Å². The van der Waals surface area contributed by atoms with Crippen molar-refractivity contribution < 1.29 is 19.3 Å². The van der Waals surface area contributed by atoms with E-state index < -0.39 is 19.0 Å². The first-order chi connectivity index (χ1) is 5.09. The van der Waals surface area contributed by atoms with E-state index in [-0.39, 0.29) is 13.1 Å². The summed E-state index contributed by atoms with van der Waals surface area (Å²) in [6.07, 6.45) is 0. The first-order valence-electron chi connectivity index (χ1n) is 3.25. The number of hydrogen-bond donors (Lipinski definition) is 1. The standard InChI is InChI=1S/C5H8BNO4/c1-6(10)7-2-4(8)11-5(9)3-7/h10H,2-3H2,1H3. The topological polar surface area (TPSA) is 66.8 Å². The van der Waals surface area contributed by atoms with Gasteiger partial charge in [-0.15, -0.1) is 0 Å². The fourth-order valence-electron chi connectivity index (χ4n) is 0.843. The molecule has 1 rings (SSSR count). The molecule has 0 aromatic heterocycles. The minimum Gasteiger partial charge on any atom is -0.437 e. The van der Waals surface area contributed by atoms with E-state index in [9.17, 15) is 9.59 Å². The van der Waals surface area contributed by atoms with Gasteiger partial charge < -0.3 is 9.76 Å². The van der Waals surface area contributed by atoms with E-state index in [1.165, 1.54) is 11.6 Å². The minimum atomic E-state index is -0.785. The Hall–Kier alpha value is -0.875. The van der Waals surface area contributed by atoms with Crippen LogP contribution < -0.4 is 0 Å². The molecule has 0 radical (unpaired) electrons. The summed E-state index contributed by atoms with van der Waals surface area (Å²) < 4.78 is 4.24. The van der Waals surface area contributed by atoms with Gasteiger partial charge >= 0.3 is 19.0 Å². The Morgan fingerprint density at radius 2 is 1.91 bits per heavy atom. The van der Waals surface area contributed by atoms with E-state index >= 15 is 0 Å². The van der Waals surface area contributed by atoms with Crippen LogP contribution in [0, 0.1) is 0 Å². The van der Waals surface area contributed by atoms with E-state index in [0.29, 0.717) is 0 Å². The summed E-state index contributed by atoms with van der Waals surface area (Å²) in [6.45, 7) is 1.44. The second kappa shape index (κ2) is 3.02. The SMILES string of the molecule is CB(O)N1CC(=O)OC(=O)C1. The highest BCUT2D eigenvalue weighted by atomic mass is 16.6. The van der Waals surface area contributed by atoms with Crippen molar-refractivity contribution >= 4 is 19.0 Å². The van der Waals surface area contributed by atoms with Crippen LogP contribution in [0.25, 0.3) is 0 Å². The Morgan fingerprint density at radius 1 is 1.45 bits per heavy atom. The van der Waals surface area contributed by atoms with E-state index in [1.54, 1.807) is 0 Å². The largest absolute Gasteiger partial charge is 0.437 e. The number of cyclic esters (lactones) is 2. The molecule has 0 atom stereocenters. The summed E-state index contributed by atoms with van der Waals surface area (Å²) in [5, 5.41) is 8.98. The molecule has 1 aliphatic rings. The predicted molar refractivity (Wildman–Crippen MR) is 36.5 cm³/mol. The lowest BCUT2D eigenvalue weighted by Gasteiger charge is -2.24.